The van der Waals surface area contributed by atoms with E-state index in [9.17, 15) is 14.4 Å². The van der Waals surface area contributed by atoms with Gasteiger partial charge in [0.05, 0.1) is 17.5 Å². The van der Waals surface area contributed by atoms with Crippen molar-refractivity contribution < 1.29 is 19.1 Å². The number of esters is 1. The predicted molar refractivity (Wildman–Crippen MR) is 80.1 cm³/mol. The summed E-state index contributed by atoms with van der Waals surface area (Å²) in [5, 5.41) is 0. The van der Waals surface area contributed by atoms with Crippen LogP contribution in [0.25, 0.3) is 0 Å². The van der Waals surface area contributed by atoms with Crippen molar-refractivity contribution in [2.45, 2.75) is 20.3 Å². The maximum atomic E-state index is 12.6. The molecule has 0 unspecified atom stereocenters. The van der Waals surface area contributed by atoms with E-state index in [4.69, 9.17) is 4.74 Å². The number of amides is 2. The highest BCUT2D eigenvalue weighted by atomic mass is 16.5. The standard InChI is InChI=1S/C17H17NO4/c1-10-4-3-5-14-15(10)17(21)18(16(14)20)12-6-8-13(9-7-12)22-11(2)19/h3-4,6-10,14-15H,5H2,1-2H3/t10-,14-,15-/m1/s1. The summed E-state index contributed by atoms with van der Waals surface area (Å²) >= 11 is 0. The number of carbonyl (C=O) groups excluding carboxylic acids is 3. The zero-order valence-corrected chi connectivity index (χ0v) is 12.5. The first-order valence-electron chi connectivity index (χ1n) is 7.32. The second-order valence-electron chi connectivity index (χ2n) is 5.75. The predicted octanol–water partition coefficient (Wildman–Crippen LogP) is 2.31. The average Bonchev–Trinajstić information content (AvgIpc) is 2.73. The van der Waals surface area contributed by atoms with Gasteiger partial charge in [-0.15, -0.1) is 0 Å². The number of anilines is 1. The molecule has 114 valence electrons. The van der Waals surface area contributed by atoms with Gasteiger partial charge in [-0.2, -0.15) is 0 Å². The van der Waals surface area contributed by atoms with Gasteiger partial charge >= 0.3 is 5.97 Å². The lowest BCUT2D eigenvalue weighted by atomic mass is 9.78. The first-order valence-corrected chi connectivity index (χ1v) is 7.32. The van der Waals surface area contributed by atoms with E-state index in [1.165, 1.54) is 11.8 Å². The smallest absolute Gasteiger partial charge is 0.308 e. The lowest BCUT2D eigenvalue weighted by molar-refractivity contribution is -0.132. The highest BCUT2D eigenvalue weighted by Gasteiger charge is 2.50. The summed E-state index contributed by atoms with van der Waals surface area (Å²) in [6.07, 6.45) is 4.59. The Labute approximate surface area is 128 Å². The zero-order valence-electron chi connectivity index (χ0n) is 12.5. The Bertz CT molecular complexity index is 662. The zero-order chi connectivity index (χ0) is 15.9. The molecular weight excluding hydrogens is 282 g/mol. The number of ether oxygens (including phenoxy) is 1. The third-order valence-electron chi connectivity index (χ3n) is 4.23. The van der Waals surface area contributed by atoms with Gasteiger partial charge in [-0.3, -0.25) is 19.3 Å². The van der Waals surface area contributed by atoms with E-state index in [1.54, 1.807) is 24.3 Å². The fourth-order valence-corrected chi connectivity index (χ4v) is 3.23. The molecule has 2 aliphatic rings. The number of rotatable bonds is 2. The maximum Gasteiger partial charge on any atom is 0.308 e. The Kier molecular flexibility index (Phi) is 3.56. The number of allylic oxidation sites excluding steroid dienone is 2. The molecule has 1 aliphatic heterocycles. The van der Waals surface area contributed by atoms with Gasteiger partial charge in [-0.05, 0) is 36.6 Å². The summed E-state index contributed by atoms with van der Waals surface area (Å²) in [5.74, 6) is -0.778. The van der Waals surface area contributed by atoms with Crippen LogP contribution in [-0.4, -0.2) is 17.8 Å². The fraction of sp³-hybridized carbons (Fsp3) is 0.353. The van der Waals surface area contributed by atoms with E-state index in [0.717, 1.165) is 0 Å². The SMILES string of the molecule is CC(=O)Oc1ccc(N2C(=O)[C@@H]3[C@H](C)C=CC[C@H]3C2=O)cc1. The minimum atomic E-state index is -0.410. The molecule has 1 aromatic rings. The Hall–Kier alpha value is -2.43. The molecule has 0 radical (unpaired) electrons. The minimum Gasteiger partial charge on any atom is -0.427 e. The van der Waals surface area contributed by atoms with Crippen LogP contribution in [0.1, 0.15) is 20.3 Å². The van der Waals surface area contributed by atoms with Gasteiger partial charge in [-0.1, -0.05) is 19.1 Å². The summed E-state index contributed by atoms with van der Waals surface area (Å²) in [5.41, 5.74) is 0.521. The highest BCUT2D eigenvalue weighted by Crippen LogP contribution is 2.40. The van der Waals surface area contributed by atoms with E-state index in [2.05, 4.69) is 0 Å². The molecule has 5 nitrogen and oxygen atoms in total. The van der Waals surface area contributed by atoms with Crippen LogP contribution in [0.2, 0.25) is 0 Å². The molecule has 1 aromatic carbocycles. The first-order chi connectivity index (χ1) is 10.5. The van der Waals surface area contributed by atoms with Crippen LogP contribution < -0.4 is 9.64 Å². The van der Waals surface area contributed by atoms with E-state index >= 15 is 0 Å². The molecule has 3 atom stereocenters. The number of carbonyl (C=O) groups is 3. The molecule has 1 saturated heterocycles. The number of benzene rings is 1. The number of fused-ring (bicyclic) bond motifs is 1. The molecule has 0 saturated carbocycles. The van der Waals surface area contributed by atoms with Crippen molar-refractivity contribution in [3.63, 3.8) is 0 Å². The van der Waals surface area contributed by atoms with Gasteiger partial charge in [0, 0.05) is 6.92 Å². The number of imide groups is 1. The molecule has 1 fully saturated rings. The van der Waals surface area contributed by atoms with Crippen molar-refractivity contribution in [3.8, 4) is 5.75 Å². The molecule has 1 heterocycles. The Morgan fingerprint density at radius 1 is 1.18 bits per heavy atom. The lowest BCUT2D eigenvalue weighted by Gasteiger charge is -2.22. The summed E-state index contributed by atoms with van der Waals surface area (Å²) in [6, 6.07) is 6.43. The summed E-state index contributed by atoms with van der Waals surface area (Å²) < 4.78 is 4.96. The normalized spacial score (nSPS) is 27.0. The molecule has 3 rings (SSSR count). The maximum absolute atomic E-state index is 12.6. The fourth-order valence-electron chi connectivity index (χ4n) is 3.23. The molecule has 22 heavy (non-hydrogen) atoms. The van der Waals surface area contributed by atoms with Crippen molar-refractivity contribution in [3.05, 3.63) is 36.4 Å². The average molecular weight is 299 g/mol. The second-order valence-corrected chi connectivity index (χ2v) is 5.75. The molecule has 0 spiro atoms. The van der Waals surface area contributed by atoms with Crippen LogP contribution in [-0.2, 0) is 14.4 Å². The van der Waals surface area contributed by atoms with Crippen LogP contribution in [0, 0.1) is 17.8 Å². The van der Waals surface area contributed by atoms with E-state index in [0.29, 0.717) is 17.9 Å². The van der Waals surface area contributed by atoms with Crippen LogP contribution in [0.3, 0.4) is 0 Å². The van der Waals surface area contributed by atoms with Crippen LogP contribution in [0.5, 0.6) is 5.75 Å². The monoisotopic (exact) mass is 299 g/mol. The Balaban J connectivity index is 1.87. The van der Waals surface area contributed by atoms with Crippen LogP contribution >= 0.6 is 0 Å². The minimum absolute atomic E-state index is 0.0699. The van der Waals surface area contributed by atoms with Crippen molar-refractivity contribution in [2.75, 3.05) is 4.90 Å². The summed E-state index contributed by atoms with van der Waals surface area (Å²) in [6.45, 7) is 3.28. The van der Waals surface area contributed by atoms with E-state index in [-0.39, 0.29) is 29.6 Å². The quantitative estimate of drug-likeness (QED) is 0.364. The van der Waals surface area contributed by atoms with E-state index in [1.807, 2.05) is 19.1 Å². The summed E-state index contributed by atoms with van der Waals surface area (Å²) in [4.78, 5) is 37.3. The van der Waals surface area contributed by atoms with Crippen LogP contribution in [0.4, 0.5) is 5.69 Å². The van der Waals surface area contributed by atoms with Crippen molar-refractivity contribution in [1.29, 1.82) is 0 Å². The van der Waals surface area contributed by atoms with Gasteiger partial charge in [0.1, 0.15) is 5.75 Å². The molecule has 1 aliphatic carbocycles. The Morgan fingerprint density at radius 2 is 1.86 bits per heavy atom. The third kappa shape index (κ3) is 2.32. The number of hydrogen-bond donors (Lipinski definition) is 0. The first kappa shape index (κ1) is 14.5. The third-order valence-corrected chi connectivity index (χ3v) is 4.23. The largest absolute Gasteiger partial charge is 0.427 e. The number of hydrogen-bond acceptors (Lipinski definition) is 4. The van der Waals surface area contributed by atoms with Gasteiger partial charge in [0.15, 0.2) is 0 Å². The van der Waals surface area contributed by atoms with Crippen molar-refractivity contribution in [2.24, 2.45) is 17.8 Å². The van der Waals surface area contributed by atoms with Gasteiger partial charge in [0.25, 0.3) is 0 Å². The van der Waals surface area contributed by atoms with Crippen molar-refractivity contribution >= 4 is 23.5 Å². The highest BCUT2D eigenvalue weighted by molar-refractivity contribution is 6.22. The van der Waals surface area contributed by atoms with Gasteiger partial charge in [0.2, 0.25) is 11.8 Å². The topological polar surface area (TPSA) is 63.7 Å². The molecule has 0 N–H and O–H groups in total. The van der Waals surface area contributed by atoms with Crippen LogP contribution in [0.15, 0.2) is 36.4 Å². The van der Waals surface area contributed by atoms with Gasteiger partial charge in [-0.25, -0.2) is 0 Å². The molecular formula is C17H17NO4. The van der Waals surface area contributed by atoms with Crippen molar-refractivity contribution in [1.82, 2.24) is 0 Å². The summed E-state index contributed by atoms with van der Waals surface area (Å²) in [7, 11) is 0. The second kappa shape index (κ2) is 5.40. The molecule has 0 bridgehead atoms. The molecule has 5 heteroatoms. The lowest BCUT2D eigenvalue weighted by Crippen LogP contribution is -2.31. The Morgan fingerprint density at radius 3 is 2.45 bits per heavy atom. The molecule has 0 aromatic heterocycles. The van der Waals surface area contributed by atoms with Gasteiger partial charge < -0.3 is 4.74 Å². The molecule has 2 amide bonds. The number of nitrogens with zero attached hydrogens (tertiary/aromatic N) is 1. The van der Waals surface area contributed by atoms with E-state index < -0.39 is 5.97 Å².